The molecule has 7 heteroatoms. The van der Waals surface area contributed by atoms with Gasteiger partial charge in [-0.3, -0.25) is 4.99 Å². The van der Waals surface area contributed by atoms with Gasteiger partial charge in [0, 0.05) is 34.9 Å². The molecule has 2 amide bonds. The van der Waals surface area contributed by atoms with Crippen molar-refractivity contribution >= 4 is 41.2 Å². The average Bonchev–Trinajstić information content (AvgIpc) is 3.35. The monoisotopic (exact) mass is 386 g/mol. The summed E-state index contributed by atoms with van der Waals surface area (Å²) in [6, 6.07) is 14.1. The molecule has 3 aromatic rings. The lowest BCUT2D eigenvalue weighted by Gasteiger charge is -2.05. The zero-order valence-electron chi connectivity index (χ0n) is 15.6. The highest BCUT2D eigenvalue weighted by molar-refractivity contribution is 6.21. The summed E-state index contributed by atoms with van der Waals surface area (Å²) >= 11 is 0. The molecule has 0 radical (unpaired) electrons. The fraction of sp³-hybridized carbons (Fsp3) is 0.0455. The van der Waals surface area contributed by atoms with Crippen molar-refractivity contribution in [1.82, 2.24) is 4.98 Å². The van der Waals surface area contributed by atoms with Gasteiger partial charge >= 0.3 is 12.0 Å². The van der Waals surface area contributed by atoms with E-state index in [1.54, 1.807) is 24.4 Å². The lowest BCUT2D eigenvalue weighted by molar-refractivity contribution is 0.0600. The van der Waals surface area contributed by atoms with Crippen LogP contribution in [0.3, 0.4) is 0 Å². The Balaban J connectivity index is 1.59. The number of nitrogens with zero attached hydrogens (tertiary/aromatic N) is 1. The summed E-state index contributed by atoms with van der Waals surface area (Å²) in [5, 5.41) is 2.58. The molecule has 2 aromatic carbocycles. The van der Waals surface area contributed by atoms with Crippen LogP contribution in [0.5, 0.6) is 0 Å². The molecule has 144 valence electrons. The number of carbonyl (C=O) groups is 2. The molecule has 0 atom stereocenters. The van der Waals surface area contributed by atoms with E-state index in [4.69, 9.17) is 10.5 Å². The normalized spacial score (nSPS) is 13.3. The number of aromatic nitrogens is 1. The SMILES string of the molecule is COC(=O)c1ccc(-c2c[nH]c(C=C3C=Nc4ccc(NC(N)=O)cc43)c2)cc1. The maximum Gasteiger partial charge on any atom is 0.337 e. The van der Waals surface area contributed by atoms with Gasteiger partial charge in [0.1, 0.15) is 0 Å². The number of aromatic amines is 1. The average molecular weight is 386 g/mol. The second-order valence-corrected chi connectivity index (χ2v) is 6.49. The van der Waals surface area contributed by atoms with Gasteiger partial charge < -0.3 is 20.8 Å². The number of rotatable bonds is 4. The molecule has 0 saturated carbocycles. The maximum atomic E-state index is 11.6. The Morgan fingerprint density at radius 1 is 1.10 bits per heavy atom. The van der Waals surface area contributed by atoms with Crippen molar-refractivity contribution in [1.29, 1.82) is 0 Å². The number of benzene rings is 2. The number of aliphatic imine (C=N–C) groups is 1. The number of anilines is 1. The number of ether oxygens (including phenoxy) is 1. The van der Waals surface area contributed by atoms with E-state index in [0.29, 0.717) is 11.3 Å². The van der Waals surface area contributed by atoms with Crippen molar-refractivity contribution in [2.45, 2.75) is 0 Å². The van der Waals surface area contributed by atoms with Crippen LogP contribution in [-0.2, 0) is 4.74 Å². The first kappa shape index (κ1) is 18.2. The predicted molar refractivity (Wildman–Crippen MR) is 113 cm³/mol. The van der Waals surface area contributed by atoms with Crippen LogP contribution in [0.4, 0.5) is 16.2 Å². The molecule has 1 aliphatic heterocycles. The van der Waals surface area contributed by atoms with Gasteiger partial charge in [-0.15, -0.1) is 0 Å². The molecule has 1 aromatic heterocycles. The van der Waals surface area contributed by atoms with Crippen molar-refractivity contribution in [2.75, 3.05) is 12.4 Å². The Hall–Kier alpha value is -4.13. The lowest BCUT2D eigenvalue weighted by atomic mass is 10.0. The molecule has 0 unspecified atom stereocenters. The third kappa shape index (κ3) is 3.79. The van der Waals surface area contributed by atoms with E-state index in [1.165, 1.54) is 7.11 Å². The van der Waals surface area contributed by atoms with Crippen LogP contribution in [0.25, 0.3) is 22.8 Å². The molecule has 4 N–H and O–H groups in total. The zero-order chi connectivity index (χ0) is 20.4. The predicted octanol–water partition coefficient (Wildman–Crippen LogP) is 4.22. The molecule has 7 nitrogen and oxygen atoms in total. The minimum atomic E-state index is -0.610. The summed E-state index contributed by atoms with van der Waals surface area (Å²) in [6.45, 7) is 0. The summed E-state index contributed by atoms with van der Waals surface area (Å²) in [7, 11) is 1.36. The van der Waals surface area contributed by atoms with Gasteiger partial charge in [0.25, 0.3) is 0 Å². The minimum Gasteiger partial charge on any atom is -0.465 e. The third-order valence-electron chi connectivity index (χ3n) is 4.57. The van der Waals surface area contributed by atoms with Crippen LogP contribution in [0.15, 0.2) is 59.7 Å². The van der Waals surface area contributed by atoms with Gasteiger partial charge in [-0.05, 0) is 53.6 Å². The number of fused-ring (bicyclic) bond motifs is 1. The molecule has 4 rings (SSSR count). The van der Waals surface area contributed by atoms with Crippen LogP contribution >= 0.6 is 0 Å². The Bertz CT molecular complexity index is 1160. The van der Waals surface area contributed by atoms with Crippen molar-refractivity contribution in [2.24, 2.45) is 10.7 Å². The first-order valence-electron chi connectivity index (χ1n) is 8.87. The number of hydrogen-bond acceptors (Lipinski definition) is 4. The summed E-state index contributed by atoms with van der Waals surface area (Å²) in [4.78, 5) is 30.3. The van der Waals surface area contributed by atoms with Gasteiger partial charge in [0.15, 0.2) is 0 Å². The number of primary amides is 1. The van der Waals surface area contributed by atoms with E-state index in [2.05, 4.69) is 15.3 Å². The van der Waals surface area contributed by atoms with Crippen LogP contribution in [0, 0.1) is 0 Å². The maximum absolute atomic E-state index is 11.6. The van der Waals surface area contributed by atoms with Crippen LogP contribution < -0.4 is 11.1 Å². The van der Waals surface area contributed by atoms with Crippen molar-refractivity contribution in [3.63, 3.8) is 0 Å². The minimum absolute atomic E-state index is 0.361. The molecule has 0 spiro atoms. The van der Waals surface area contributed by atoms with Gasteiger partial charge in [-0.2, -0.15) is 0 Å². The molecule has 0 aliphatic carbocycles. The molecule has 0 saturated heterocycles. The fourth-order valence-corrected chi connectivity index (χ4v) is 3.17. The largest absolute Gasteiger partial charge is 0.465 e. The zero-order valence-corrected chi connectivity index (χ0v) is 15.6. The Kier molecular flexibility index (Phi) is 4.70. The van der Waals surface area contributed by atoms with E-state index in [1.807, 2.05) is 42.6 Å². The number of nitrogens with two attached hydrogens (primary N) is 1. The van der Waals surface area contributed by atoms with Crippen molar-refractivity contribution < 1.29 is 14.3 Å². The summed E-state index contributed by atoms with van der Waals surface area (Å²) < 4.78 is 4.72. The summed E-state index contributed by atoms with van der Waals surface area (Å²) in [5.74, 6) is -0.361. The van der Waals surface area contributed by atoms with E-state index in [-0.39, 0.29) is 5.97 Å². The topological polar surface area (TPSA) is 110 Å². The number of urea groups is 1. The lowest BCUT2D eigenvalue weighted by Crippen LogP contribution is -2.19. The number of esters is 1. The second-order valence-electron chi connectivity index (χ2n) is 6.49. The standard InChI is InChI=1S/C22H18N4O3/c1-29-21(27)14-4-2-13(3-5-14)15-8-18(24-11-15)9-16-12-25-20-7-6-17(10-19(16)20)26-22(23)28/h2-12,24H,1H3,(H3,23,26,28). The first-order valence-corrected chi connectivity index (χ1v) is 8.87. The highest BCUT2D eigenvalue weighted by Crippen LogP contribution is 2.35. The van der Waals surface area contributed by atoms with Crippen molar-refractivity contribution in [3.05, 3.63) is 71.5 Å². The van der Waals surface area contributed by atoms with E-state index in [9.17, 15) is 9.59 Å². The number of allylic oxidation sites excluding steroid dienone is 1. The van der Waals surface area contributed by atoms with E-state index >= 15 is 0 Å². The molecule has 1 aliphatic rings. The van der Waals surface area contributed by atoms with E-state index < -0.39 is 6.03 Å². The Morgan fingerprint density at radius 3 is 2.62 bits per heavy atom. The first-order chi connectivity index (χ1) is 14.0. The van der Waals surface area contributed by atoms with Crippen LogP contribution in [0.1, 0.15) is 21.6 Å². The highest BCUT2D eigenvalue weighted by atomic mass is 16.5. The second kappa shape index (κ2) is 7.47. The summed E-state index contributed by atoms with van der Waals surface area (Å²) in [6.07, 6.45) is 5.66. The number of H-pyrrole nitrogens is 1. The molecule has 2 heterocycles. The number of hydrogen-bond donors (Lipinski definition) is 3. The van der Waals surface area contributed by atoms with E-state index in [0.717, 1.165) is 33.6 Å². The number of amides is 2. The molecule has 29 heavy (non-hydrogen) atoms. The fourth-order valence-electron chi connectivity index (χ4n) is 3.17. The molecule has 0 bridgehead atoms. The molecule has 0 fully saturated rings. The molecular weight excluding hydrogens is 368 g/mol. The number of carbonyl (C=O) groups excluding carboxylic acids is 2. The third-order valence-corrected chi connectivity index (χ3v) is 4.57. The quantitative estimate of drug-likeness (QED) is 0.584. The Morgan fingerprint density at radius 2 is 1.90 bits per heavy atom. The van der Waals surface area contributed by atoms with Gasteiger partial charge in [0.05, 0.1) is 18.4 Å². The van der Waals surface area contributed by atoms with Crippen LogP contribution in [-0.4, -0.2) is 30.3 Å². The van der Waals surface area contributed by atoms with Gasteiger partial charge in [-0.25, -0.2) is 9.59 Å². The smallest absolute Gasteiger partial charge is 0.337 e. The van der Waals surface area contributed by atoms with Crippen LogP contribution in [0.2, 0.25) is 0 Å². The number of methoxy groups -OCH3 is 1. The summed E-state index contributed by atoms with van der Waals surface area (Å²) in [5.41, 5.74) is 11.9. The highest BCUT2D eigenvalue weighted by Gasteiger charge is 2.14. The Labute approximate surface area is 166 Å². The molecular formula is C22H18N4O3. The van der Waals surface area contributed by atoms with Gasteiger partial charge in [0.2, 0.25) is 0 Å². The number of nitrogens with one attached hydrogen (secondary N) is 2. The van der Waals surface area contributed by atoms with Crippen molar-refractivity contribution in [3.8, 4) is 11.1 Å². The van der Waals surface area contributed by atoms with Gasteiger partial charge in [-0.1, -0.05) is 12.1 Å².